The predicted octanol–water partition coefficient (Wildman–Crippen LogP) is 1.44. The van der Waals surface area contributed by atoms with Gasteiger partial charge in [0, 0.05) is 19.2 Å². The molecule has 7 nitrogen and oxygen atoms in total. The van der Waals surface area contributed by atoms with Gasteiger partial charge in [0.05, 0.1) is 5.92 Å². The molecule has 2 aromatic rings. The van der Waals surface area contributed by atoms with Crippen LogP contribution >= 0.6 is 0 Å². The number of hydrogen-bond acceptors (Lipinski definition) is 5. The Morgan fingerprint density at radius 3 is 2.86 bits per heavy atom. The molecular weight excluding hydrogens is 303 g/mol. The third kappa shape index (κ3) is 2.55. The number of carboxylic acid groups (broad SMARTS) is 1. The van der Waals surface area contributed by atoms with Crippen molar-refractivity contribution in [1.29, 1.82) is 0 Å². The summed E-state index contributed by atoms with van der Waals surface area (Å²) in [6.45, 7) is 0.589. The fourth-order valence-electron chi connectivity index (χ4n) is 2.55. The molecule has 1 fully saturated rings. The minimum Gasteiger partial charge on any atom is -0.481 e. The van der Waals surface area contributed by atoms with E-state index in [9.17, 15) is 18.0 Å². The Labute approximate surface area is 122 Å². The zero-order valence-corrected chi connectivity index (χ0v) is 11.3. The van der Waals surface area contributed by atoms with E-state index < -0.39 is 23.8 Å². The molecule has 1 unspecified atom stereocenters. The average molecular weight is 315 g/mol. The largest absolute Gasteiger partial charge is 0.481 e. The molecule has 22 heavy (non-hydrogen) atoms. The first-order valence-electron chi connectivity index (χ1n) is 6.62. The standard InChI is InChI=1S/C12H12F3N5O2/c13-12(14,15)8-4-9(20-11(18-8)16-6-17-20)19-3-1-2-7(5-19)10(21)22/h4,6-7H,1-3,5H2,(H,21,22). The highest BCUT2D eigenvalue weighted by atomic mass is 19.4. The van der Waals surface area contributed by atoms with Gasteiger partial charge in [-0.3, -0.25) is 4.79 Å². The first-order chi connectivity index (χ1) is 10.4. The minimum atomic E-state index is -4.61. The zero-order chi connectivity index (χ0) is 15.9. The van der Waals surface area contributed by atoms with Crippen molar-refractivity contribution in [2.24, 2.45) is 5.92 Å². The maximum Gasteiger partial charge on any atom is 0.433 e. The summed E-state index contributed by atoms with van der Waals surface area (Å²) in [6.07, 6.45) is -2.41. The van der Waals surface area contributed by atoms with Gasteiger partial charge in [0.15, 0.2) is 5.69 Å². The highest BCUT2D eigenvalue weighted by molar-refractivity contribution is 5.71. The van der Waals surface area contributed by atoms with E-state index in [1.165, 1.54) is 4.52 Å². The average Bonchev–Trinajstić information content (AvgIpc) is 2.93. The highest BCUT2D eigenvalue weighted by Crippen LogP contribution is 2.31. The van der Waals surface area contributed by atoms with Crippen LogP contribution in [0.1, 0.15) is 18.5 Å². The van der Waals surface area contributed by atoms with E-state index in [0.717, 1.165) is 12.4 Å². The molecule has 1 N–H and O–H groups in total. The lowest BCUT2D eigenvalue weighted by Crippen LogP contribution is -2.40. The minimum absolute atomic E-state index is 0.131. The molecule has 118 valence electrons. The predicted molar refractivity (Wildman–Crippen MR) is 68.4 cm³/mol. The molecule has 0 aliphatic carbocycles. The van der Waals surface area contributed by atoms with Gasteiger partial charge in [-0.05, 0) is 12.8 Å². The molecule has 0 amide bonds. The first kappa shape index (κ1) is 14.5. The van der Waals surface area contributed by atoms with E-state index in [2.05, 4.69) is 15.1 Å². The van der Waals surface area contributed by atoms with Crippen LogP contribution in [0.4, 0.5) is 19.0 Å². The quantitative estimate of drug-likeness (QED) is 0.903. The van der Waals surface area contributed by atoms with Gasteiger partial charge in [-0.15, -0.1) is 0 Å². The number of hydrogen-bond donors (Lipinski definition) is 1. The molecule has 1 atom stereocenters. The summed E-state index contributed by atoms with van der Waals surface area (Å²) in [5.41, 5.74) is -1.07. The Bertz CT molecular complexity index is 714. The summed E-state index contributed by atoms with van der Waals surface area (Å²) in [5.74, 6) is -1.58. The van der Waals surface area contributed by atoms with Crippen molar-refractivity contribution in [3.05, 3.63) is 18.1 Å². The molecule has 0 aromatic carbocycles. The Morgan fingerprint density at radius 1 is 1.41 bits per heavy atom. The molecule has 3 rings (SSSR count). The van der Waals surface area contributed by atoms with Crippen molar-refractivity contribution in [3.8, 4) is 0 Å². The SMILES string of the molecule is O=C(O)C1CCCN(c2cc(C(F)(F)F)nc3ncnn23)C1. The maximum atomic E-state index is 12.9. The first-order valence-corrected chi connectivity index (χ1v) is 6.62. The molecule has 3 heterocycles. The summed E-state index contributed by atoms with van der Waals surface area (Å²) in [7, 11) is 0. The number of alkyl halides is 3. The molecule has 0 saturated carbocycles. The lowest BCUT2D eigenvalue weighted by molar-refractivity contribution is -0.142. The zero-order valence-electron chi connectivity index (χ0n) is 11.3. The summed E-state index contributed by atoms with van der Waals surface area (Å²) in [5, 5.41) is 13.0. The number of aromatic nitrogens is 4. The number of carbonyl (C=O) groups is 1. The van der Waals surface area contributed by atoms with Gasteiger partial charge in [-0.1, -0.05) is 0 Å². The van der Waals surface area contributed by atoms with Crippen molar-refractivity contribution in [3.63, 3.8) is 0 Å². The van der Waals surface area contributed by atoms with Crippen LogP contribution in [0.5, 0.6) is 0 Å². The van der Waals surface area contributed by atoms with Gasteiger partial charge in [-0.25, -0.2) is 4.98 Å². The topological polar surface area (TPSA) is 83.6 Å². The number of fused-ring (bicyclic) bond motifs is 1. The normalized spacial score (nSPS) is 19.6. The van der Waals surface area contributed by atoms with Crippen LogP contribution in [-0.2, 0) is 11.0 Å². The molecule has 10 heteroatoms. The number of rotatable bonds is 2. The van der Waals surface area contributed by atoms with Gasteiger partial charge in [0.2, 0.25) is 0 Å². The van der Waals surface area contributed by atoms with Gasteiger partial charge >= 0.3 is 12.1 Å². The van der Waals surface area contributed by atoms with Gasteiger partial charge < -0.3 is 10.0 Å². The van der Waals surface area contributed by atoms with E-state index in [1.54, 1.807) is 4.90 Å². The fraction of sp³-hybridized carbons (Fsp3) is 0.500. The number of piperidine rings is 1. The third-order valence-electron chi connectivity index (χ3n) is 3.62. The second kappa shape index (κ2) is 5.11. The number of nitrogens with zero attached hydrogens (tertiary/aromatic N) is 5. The Balaban J connectivity index is 2.05. The van der Waals surface area contributed by atoms with Crippen LogP contribution in [0, 0.1) is 5.92 Å². The van der Waals surface area contributed by atoms with Crippen molar-refractivity contribution in [2.45, 2.75) is 19.0 Å². The van der Waals surface area contributed by atoms with Crippen LogP contribution in [0.25, 0.3) is 5.78 Å². The molecule has 0 radical (unpaired) electrons. The molecule has 2 aromatic heterocycles. The molecule has 0 spiro atoms. The molecule has 0 bridgehead atoms. The van der Waals surface area contributed by atoms with Crippen LogP contribution in [0.3, 0.4) is 0 Å². The monoisotopic (exact) mass is 315 g/mol. The third-order valence-corrected chi connectivity index (χ3v) is 3.62. The van der Waals surface area contributed by atoms with E-state index in [4.69, 9.17) is 5.11 Å². The van der Waals surface area contributed by atoms with Crippen molar-refractivity contribution >= 4 is 17.6 Å². The number of aliphatic carboxylic acids is 1. The van der Waals surface area contributed by atoms with Crippen molar-refractivity contribution in [1.82, 2.24) is 19.6 Å². The molecular formula is C12H12F3N5O2. The lowest BCUT2D eigenvalue weighted by atomic mass is 9.98. The van der Waals surface area contributed by atoms with Crippen molar-refractivity contribution in [2.75, 3.05) is 18.0 Å². The molecule has 1 saturated heterocycles. The Hall–Kier alpha value is -2.39. The summed E-state index contributed by atoms with van der Waals surface area (Å²) >= 11 is 0. The van der Waals surface area contributed by atoms with Crippen LogP contribution in [0.2, 0.25) is 0 Å². The van der Waals surface area contributed by atoms with Crippen LogP contribution in [0.15, 0.2) is 12.4 Å². The second-order valence-electron chi connectivity index (χ2n) is 5.09. The smallest absolute Gasteiger partial charge is 0.433 e. The van der Waals surface area contributed by atoms with Gasteiger partial charge in [-0.2, -0.15) is 27.8 Å². The number of carboxylic acids is 1. The summed E-state index contributed by atoms with van der Waals surface area (Å²) in [6, 6.07) is 0.881. The van der Waals surface area contributed by atoms with E-state index in [-0.39, 0.29) is 18.1 Å². The van der Waals surface area contributed by atoms with E-state index in [1.807, 2.05) is 0 Å². The van der Waals surface area contributed by atoms with Crippen LogP contribution in [-0.4, -0.2) is 43.7 Å². The Kier molecular flexibility index (Phi) is 3.38. The number of anilines is 1. The highest BCUT2D eigenvalue weighted by Gasteiger charge is 2.35. The van der Waals surface area contributed by atoms with Gasteiger partial charge in [0.25, 0.3) is 5.78 Å². The van der Waals surface area contributed by atoms with Crippen LogP contribution < -0.4 is 4.90 Å². The van der Waals surface area contributed by atoms with E-state index in [0.29, 0.717) is 19.4 Å². The van der Waals surface area contributed by atoms with E-state index >= 15 is 0 Å². The van der Waals surface area contributed by atoms with Gasteiger partial charge in [0.1, 0.15) is 12.1 Å². The maximum absolute atomic E-state index is 12.9. The Morgan fingerprint density at radius 2 is 2.18 bits per heavy atom. The lowest BCUT2D eigenvalue weighted by Gasteiger charge is -2.32. The number of halogens is 3. The molecule has 1 aliphatic heterocycles. The summed E-state index contributed by atoms with van der Waals surface area (Å²) < 4.78 is 40.0. The molecule has 1 aliphatic rings. The van der Waals surface area contributed by atoms with Crippen molar-refractivity contribution < 1.29 is 23.1 Å². The summed E-state index contributed by atoms with van der Waals surface area (Å²) in [4.78, 5) is 19.8. The second-order valence-corrected chi connectivity index (χ2v) is 5.09. The fourth-order valence-corrected chi connectivity index (χ4v) is 2.55.